The summed E-state index contributed by atoms with van der Waals surface area (Å²) in [6.07, 6.45) is -0.516. The second kappa shape index (κ2) is 6.54. The minimum Gasteiger partial charge on any atom is -0.398 e. The number of nitrogens with one attached hydrogen (secondary N) is 1. The average Bonchev–Trinajstić information content (AvgIpc) is 2.94. The Bertz CT molecular complexity index is 582. The lowest BCUT2D eigenvalue weighted by Gasteiger charge is -2.15. The molecule has 106 valence electrons. The van der Waals surface area contributed by atoms with Gasteiger partial charge in [0.2, 0.25) is 0 Å². The van der Waals surface area contributed by atoms with E-state index in [9.17, 15) is 4.79 Å². The molecule has 1 heterocycles. The number of amides is 1. The predicted octanol–water partition coefficient (Wildman–Crippen LogP) is 3.18. The van der Waals surface area contributed by atoms with Gasteiger partial charge in [0.05, 0.1) is 6.61 Å². The molecule has 2 rings (SSSR count). The summed E-state index contributed by atoms with van der Waals surface area (Å²) < 4.78 is 5.56. The molecule has 20 heavy (non-hydrogen) atoms. The van der Waals surface area contributed by atoms with Crippen LogP contribution in [0.5, 0.6) is 0 Å². The molecule has 4 nitrogen and oxygen atoms in total. The molecule has 1 unspecified atom stereocenters. The zero-order valence-corrected chi connectivity index (χ0v) is 12.4. The van der Waals surface area contributed by atoms with E-state index in [1.165, 1.54) is 0 Å². The van der Waals surface area contributed by atoms with Crippen molar-refractivity contribution in [2.24, 2.45) is 0 Å². The van der Waals surface area contributed by atoms with Crippen LogP contribution in [0.1, 0.15) is 17.4 Å². The Labute approximate surface area is 122 Å². The number of nitrogens with two attached hydrogens (primary N) is 1. The Kier molecular flexibility index (Phi) is 4.76. The summed E-state index contributed by atoms with van der Waals surface area (Å²) in [7, 11) is 0. The van der Waals surface area contributed by atoms with E-state index in [4.69, 9.17) is 10.5 Å². The van der Waals surface area contributed by atoms with E-state index in [1.54, 1.807) is 18.3 Å². The van der Waals surface area contributed by atoms with Crippen molar-refractivity contribution in [3.05, 3.63) is 46.2 Å². The van der Waals surface area contributed by atoms with Crippen LogP contribution in [0.25, 0.3) is 0 Å². The molecule has 0 saturated heterocycles. The highest BCUT2D eigenvalue weighted by atomic mass is 32.1. The van der Waals surface area contributed by atoms with Gasteiger partial charge >= 0.3 is 0 Å². The van der Waals surface area contributed by atoms with Crippen LogP contribution in [0.4, 0.5) is 11.4 Å². The molecule has 1 amide bonds. The van der Waals surface area contributed by atoms with Crippen LogP contribution >= 0.6 is 11.3 Å². The Balaban J connectivity index is 1.92. The number of benzene rings is 1. The molecule has 3 N–H and O–H groups in total. The zero-order chi connectivity index (χ0) is 14.5. The van der Waals surface area contributed by atoms with E-state index in [2.05, 4.69) is 5.32 Å². The first-order valence-corrected chi connectivity index (χ1v) is 7.26. The van der Waals surface area contributed by atoms with Gasteiger partial charge in [0, 0.05) is 16.3 Å². The molecule has 2 aromatic rings. The lowest BCUT2D eigenvalue weighted by Crippen LogP contribution is -2.27. The van der Waals surface area contributed by atoms with Crippen molar-refractivity contribution in [1.29, 1.82) is 0 Å². The molecule has 1 aromatic heterocycles. The fourth-order valence-corrected chi connectivity index (χ4v) is 2.33. The van der Waals surface area contributed by atoms with Gasteiger partial charge in [-0.1, -0.05) is 12.1 Å². The van der Waals surface area contributed by atoms with Crippen molar-refractivity contribution in [3.63, 3.8) is 0 Å². The minimum absolute atomic E-state index is 0.171. The summed E-state index contributed by atoms with van der Waals surface area (Å²) in [5, 5.41) is 4.83. The summed E-state index contributed by atoms with van der Waals surface area (Å²) in [4.78, 5) is 13.2. The van der Waals surface area contributed by atoms with Gasteiger partial charge in [-0.3, -0.25) is 4.79 Å². The van der Waals surface area contributed by atoms with Crippen LogP contribution in [0.2, 0.25) is 0 Å². The van der Waals surface area contributed by atoms with Gasteiger partial charge in [-0.2, -0.15) is 0 Å². The van der Waals surface area contributed by atoms with Crippen molar-refractivity contribution < 1.29 is 9.53 Å². The van der Waals surface area contributed by atoms with E-state index in [0.29, 0.717) is 12.3 Å². The topological polar surface area (TPSA) is 64.3 Å². The first-order chi connectivity index (χ1) is 9.58. The molecule has 1 atom stereocenters. The molecule has 0 spiro atoms. The molecular weight excluding hydrogens is 272 g/mol. The highest BCUT2D eigenvalue weighted by Crippen LogP contribution is 2.21. The fourth-order valence-electron chi connectivity index (χ4n) is 1.70. The van der Waals surface area contributed by atoms with E-state index in [0.717, 1.165) is 16.1 Å². The first kappa shape index (κ1) is 14.6. The minimum atomic E-state index is -0.516. The maximum atomic E-state index is 12.1. The second-order valence-corrected chi connectivity index (χ2v) is 5.57. The third kappa shape index (κ3) is 3.59. The van der Waals surface area contributed by atoms with Crippen molar-refractivity contribution in [2.45, 2.75) is 26.6 Å². The van der Waals surface area contributed by atoms with E-state index in [-0.39, 0.29) is 5.91 Å². The van der Waals surface area contributed by atoms with E-state index in [1.807, 2.05) is 42.6 Å². The van der Waals surface area contributed by atoms with Gasteiger partial charge in [0.1, 0.15) is 6.10 Å². The third-order valence-electron chi connectivity index (χ3n) is 3.06. The summed E-state index contributed by atoms with van der Waals surface area (Å²) in [5.41, 5.74) is 8.07. The van der Waals surface area contributed by atoms with Crippen LogP contribution in [-0.4, -0.2) is 12.0 Å². The van der Waals surface area contributed by atoms with Gasteiger partial charge in [-0.25, -0.2) is 0 Å². The Hall–Kier alpha value is -1.85. The zero-order valence-electron chi connectivity index (χ0n) is 11.6. The number of thiophene rings is 1. The summed E-state index contributed by atoms with van der Waals surface area (Å²) >= 11 is 1.61. The average molecular weight is 290 g/mol. The first-order valence-electron chi connectivity index (χ1n) is 6.38. The molecule has 1 aromatic carbocycles. The predicted molar refractivity (Wildman–Crippen MR) is 82.8 cm³/mol. The number of carbonyl (C=O) groups is 1. The number of hydrogen-bond acceptors (Lipinski definition) is 4. The number of anilines is 2. The molecule has 0 radical (unpaired) electrons. The number of ether oxygens (including phenoxy) is 1. The van der Waals surface area contributed by atoms with Crippen LogP contribution in [0, 0.1) is 6.92 Å². The molecule has 0 fully saturated rings. The van der Waals surface area contributed by atoms with Crippen molar-refractivity contribution in [3.8, 4) is 0 Å². The molecule has 0 saturated carbocycles. The fraction of sp³-hybridized carbons (Fsp3) is 0.267. The lowest BCUT2D eigenvalue weighted by molar-refractivity contribution is -0.127. The van der Waals surface area contributed by atoms with Crippen LogP contribution in [-0.2, 0) is 16.1 Å². The standard InChI is InChI=1S/C15H18N2O2S/c1-10-13(16)6-3-7-14(10)17-15(18)11(2)19-9-12-5-4-8-20-12/h3-8,11H,9,16H2,1-2H3,(H,17,18). The monoisotopic (exact) mass is 290 g/mol. The Morgan fingerprint density at radius 2 is 2.20 bits per heavy atom. The maximum absolute atomic E-state index is 12.1. The quantitative estimate of drug-likeness (QED) is 0.831. The van der Waals surface area contributed by atoms with Gasteiger partial charge in [-0.05, 0) is 43.0 Å². The molecule has 0 bridgehead atoms. The lowest BCUT2D eigenvalue weighted by atomic mass is 10.1. The summed E-state index contributed by atoms with van der Waals surface area (Å²) in [5.74, 6) is -0.171. The molecule has 0 aliphatic carbocycles. The van der Waals surface area contributed by atoms with Crippen molar-refractivity contribution in [2.75, 3.05) is 11.1 Å². The number of nitrogen functional groups attached to an aromatic ring is 1. The molecule has 5 heteroatoms. The van der Waals surface area contributed by atoms with Crippen molar-refractivity contribution in [1.82, 2.24) is 0 Å². The van der Waals surface area contributed by atoms with Gasteiger partial charge in [-0.15, -0.1) is 11.3 Å². The number of hydrogen-bond donors (Lipinski definition) is 2. The third-order valence-corrected chi connectivity index (χ3v) is 3.91. The van der Waals surface area contributed by atoms with Gasteiger partial charge in [0.25, 0.3) is 5.91 Å². The number of rotatable bonds is 5. The highest BCUT2D eigenvalue weighted by molar-refractivity contribution is 7.09. The molecular formula is C15H18N2O2S. The largest absolute Gasteiger partial charge is 0.398 e. The number of carbonyl (C=O) groups excluding carboxylic acids is 1. The van der Waals surface area contributed by atoms with Gasteiger partial charge in [0.15, 0.2) is 0 Å². The van der Waals surface area contributed by atoms with E-state index >= 15 is 0 Å². The Morgan fingerprint density at radius 1 is 1.40 bits per heavy atom. The smallest absolute Gasteiger partial charge is 0.253 e. The second-order valence-electron chi connectivity index (χ2n) is 4.54. The van der Waals surface area contributed by atoms with Gasteiger partial charge < -0.3 is 15.8 Å². The maximum Gasteiger partial charge on any atom is 0.253 e. The van der Waals surface area contributed by atoms with Crippen LogP contribution < -0.4 is 11.1 Å². The van der Waals surface area contributed by atoms with Crippen LogP contribution in [0.15, 0.2) is 35.7 Å². The van der Waals surface area contributed by atoms with Crippen molar-refractivity contribution >= 4 is 28.6 Å². The molecule has 0 aliphatic heterocycles. The Morgan fingerprint density at radius 3 is 2.90 bits per heavy atom. The van der Waals surface area contributed by atoms with Crippen LogP contribution in [0.3, 0.4) is 0 Å². The SMILES string of the molecule is Cc1c(N)cccc1NC(=O)C(C)OCc1cccs1. The summed E-state index contributed by atoms with van der Waals surface area (Å²) in [6, 6.07) is 9.40. The molecule has 0 aliphatic rings. The summed E-state index contributed by atoms with van der Waals surface area (Å²) in [6.45, 7) is 4.06. The highest BCUT2D eigenvalue weighted by Gasteiger charge is 2.15. The normalized spacial score (nSPS) is 12.1. The van der Waals surface area contributed by atoms with E-state index < -0.39 is 6.10 Å².